The van der Waals surface area contributed by atoms with Crippen LogP contribution in [0.25, 0.3) is 0 Å². The Balaban J connectivity index is 2.32. The lowest BCUT2D eigenvalue weighted by molar-refractivity contribution is 0.00561. The van der Waals surface area contributed by atoms with Gasteiger partial charge in [0.15, 0.2) is 0 Å². The lowest BCUT2D eigenvalue weighted by Gasteiger charge is -2.17. The van der Waals surface area contributed by atoms with Crippen molar-refractivity contribution in [2.45, 2.75) is 252 Å². The van der Waals surface area contributed by atoms with Gasteiger partial charge in [0.05, 0.1) is 79.3 Å². The molecular formula is C64H128N6O9. The molecule has 0 aliphatic heterocycles. The van der Waals surface area contributed by atoms with Crippen LogP contribution in [-0.4, -0.2) is 154 Å². The van der Waals surface area contributed by atoms with E-state index in [0.717, 1.165) is 51.9 Å². The van der Waals surface area contributed by atoms with Gasteiger partial charge < -0.3 is 58.6 Å². The van der Waals surface area contributed by atoms with Gasteiger partial charge in [0.1, 0.15) is 0 Å². The summed E-state index contributed by atoms with van der Waals surface area (Å²) < 4.78 is 52.4. The van der Waals surface area contributed by atoms with Crippen molar-refractivity contribution in [3.8, 4) is 0 Å². The number of aromatic nitrogens is 3. The number of unbranched alkanes of at least 4 members (excludes halogenated alkanes) is 26. The average molecular weight is 1130 g/mol. The van der Waals surface area contributed by atoms with Crippen LogP contribution in [0.5, 0.6) is 0 Å². The Morgan fingerprint density at radius 3 is 0.747 bits per heavy atom. The summed E-state index contributed by atoms with van der Waals surface area (Å²) in [6.07, 6.45) is 45.1. The molecule has 1 unspecified atom stereocenters. The van der Waals surface area contributed by atoms with Crippen LogP contribution in [0.3, 0.4) is 0 Å². The average Bonchev–Trinajstić information content (AvgIpc) is 3.46. The Morgan fingerprint density at radius 1 is 0.241 bits per heavy atom. The zero-order valence-corrected chi connectivity index (χ0v) is 52.2. The Kier molecular flexibility index (Phi) is 62.0. The molecule has 1 aromatic rings. The van der Waals surface area contributed by atoms with E-state index in [1.807, 2.05) is 0 Å². The van der Waals surface area contributed by atoms with Gasteiger partial charge in [-0.3, -0.25) is 0 Å². The van der Waals surface area contributed by atoms with Crippen LogP contribution >= 0.6 is 0 Å². The summed E-state index contributed by atoms with van der Waals surface area (Å²) in [5.41, 5.74) is 0. The number of anilines is 3. The molecule has 0 spiro atoms. The molecule has 79 heavy (non-hydrogen) atoms. The molecule has 0 aromatic carbocycles. The second kappa shape index (κ2) is 65.2. The van der Waals surface area contributed by atoms with Gasteiger partial charge in [-0.15, -0.1) is 0 Å². The van der Waals surface area contributed by atoms with Crippen LogP contribution in [0, 0.1) is 5.92 Å². The van der Waals surface area contributed by atoms with Crippen molar-refractivity contribution < 1.29 is 42.6 Å². The minimum atomic E-state index is 0.514. The summed E-state index contributed by atoms with van der Waals surface area (Å²) in [5, 5.41) is 10.1. The molecule has 0 bridgehead atoms. The molecule has 0 saturated carbocycles. The Labute approximate surface area is 486 Å². The van der Waals surface area contributed by atoms with E-state index in [1.165, 1.54) is 193 Å². The van der Waals surface area contributed by atoms with E-state index in [0.29, 0.717) is 143 Å². The van der Waals surface area contributed by atoms with Crippen LogP contribution in [-0.2, 0) is 42.6 Å². The Morgan fingerprint density at radius 2 is 0.456 bits per heavy atom. The van der Waals surface area contributed by atoms with Crippen molar-refractivity contribution in [1.82, 2.24) is 15.0 Å². The normalized spacial score (nSPS) is 12.0. The van der Waals surface area contributed by atoms with Crippen LogP contribution in [0.1, 0.15) is 252 Å². The molecule has 1 atom stereocenters. The fourth-order valence-corrected chi connectivity index (χ4v) is 9.28. The minimum absolute atomic E-state index is 0.514. The van der Waals surface area contributed by atoms with E-state index >= 15 is 0 Å². The van der Waals surface area contributed by atoms with E-state index in [2.05, 4.69) is 58.6 Å². The molecule has 15 heteroatoms. The van der Waals surface area contributed by atoms with Gasteiger partial charge in [-0.2, -0.15) is 15.0 Å². The summed E-state index contributed by atoms with van der Waals surface area (Å²) in [5.74, 6) is 2.21. The van der Waals surface area contributed by atoms with Gasteiger partial charge in [-0.1, -0.05) is 207 Å². The van der Waals surface area contributed by atoms with Crippen molar-refractivity contribution in [3.63, 3.8) is 0 Å². The standard InChI is InChI=1S/C64H128N6O9/c1-5-9-13-17-20-22-24-26-29-33-43-71-48-53-76-55-50-73-45-35-40-65-62-68-63(66-41-36-46-74-51-56-77-54-49-72-44-34-30-27-25-23-21-18-14-10-6-2)70-64(69-62)67-42-37-47-75-52-57-78-58-59-79-60-61(38-31-16-12-8-4)39-32-28-19-15-11-7-3/h61H,5-60H2,1-4H3,(H3,65,66,67,68,69,70). The Bertz CT molecular complexity index is 1250. The summed E-state index contributed by atoms with van der Waals surface area (Å²) in [4.78, 5) is 14.0. The van der Waals surface area contributed by atoms with Crippen LogP contribution in [0.2, 0.25) is 0 Å². The van der Waals surface area contributed by atoms with Crippen molar-refractivity contribution >= 4 is 17.8 Å². The van der Waals surface area contributed by atoms with Gasteiger partial charge in [-0.05, 0) is 50.9 Å². The fourth-order valence-electron chi connectivity index (χ4n) is 9.28. The quantitative estimate of drug-likeness (QED) is 0.0529. The highest BCUT2D eigenvalue weighted by molar-refractivity contribution is 5.42. The number of nitrogens with one attached hydrogen (secondary N) is 3. The van der Waals surface area contributed by atoms with Crippen molar-refractivity contribution in [3.05, 3.63) is 0 Å². The molecule has 0 amide bonds. The SMILES string of the molecule is CCCCCCCCCCCCOCCOCCOCCCNc1nc(NCCCOCCOCCOCCCCCCCCCCCC)nc(NCCCOCCOCCOCC(CCCCCC)CCCCCCCC)n1. The van der Waals surface area contributed by atoms with Crippen LogP contribution < -0.4 is 16.0 Å². The van der Waals surface area contributed by atoms with E-state index in [1.54, 1.807) is 0 Å². The first-order chi connectivity index (χ1) is 39.2. The third kappa shape index (κ3) is 57.7. The molecule has 1 rings (SSSR count). The molecule has 1 heterocycles. The number of ether oxygens (including phenoxy) is 9. The first-order valence-corrected chi connectivity index (χ1v) is 33.4. The predicted octanol–water partition coefficient (Wildman–Crippen LogP) is 15.6. The maximum atomic E-state index is 6.10. The highest BCUT2D eigenvalue weighted by Crippen LogP contribution is 2.20. The van der Waals surface area contributed by atoms with Crippen molar-refractivity contribution in [2.75, 3.05) is 155 Å². The van der Waals surface area contributed by atoms with Gasteiger partial charge in [-0.25, -0.2) is 0 Å². The largest absolute Gasteiger partial charge is 0.379 e. The summed E-state index contributed by atoms with van der Waals surface area (Å²) >= 11 is 0. The van der Waals surface area contributed by atoms with Gasteiger partial charge in [0.25, 0.3) is 0 Å². The molecule has 0 radical (unpaired) electrons. The maximum Gasteiger partial charge on any atom is 0.229 e. The molecule has 0 aliphatic rings. The van der Waals surface area contributed by atoms with Gasteiger partial charge >= 0.3 is 0 Å². The first-order valence-electron chi connectivity index (χ1n) is 33.4. The number of hydrogen-bond acceptors (Lipinski definition) is 15. The molecule has 0 fully saturated rings. The van der Waals surface area contributed by atoms with E-state index in [-0.39, 0.29) is 0 Å². The third-order valence-corrected chi connectivity index (χ3v) is 14.2. The lowest BCUT2D eigenvalue weighted by Crippen LogP contribution is -2.17. The van der Waals surface area contributed by atoms with Crippen LogP contribution in [0.4, 0.5) is 17.8 Å². The predicted molar refractivity (Wildman–Crippen MR) is 330 cm³/mol. The highest BCUT2D eigenvalue weighted by Gasteiger charge is 2.10. The number of rotatable bonds is 69. The third-order valence-electron chi connectivity index (χ3n) is 14.2. The van der Waals surface area contributed by atoms with E-state index in [4.69, 9.17) is 42.6 Å². The zero-order valence-electron chi connectivity index (χ0n) is 52.2. The van der Waals surface area contributed by atoms with E-state index in [9.17, 15) is 0 Å². The minimum Gasteiger partial charge on any atom is -0.379 e. The highest BCUT2D eigenvalue weighted by atomic mass is 16.6. The fraction of sp³-hybridized carbons (Fsp3) is 0.953. The molecule has 468 valence electrons. The Hall–Kier alpha value is -1.95. The number of hydrogen-bond donors (Lipinski definition) is 3. The van der Waals surface area contributed by atoms with Gasteiger partial charge in [0, 0.05) is 59.3 Å². The summed E-state index contributed by atoms with van der Waals surface area (Å²) in [6.45, 7) is 22.5. The monoisotopic (exact) mass is 1120 g/mol. The van der Waals surface area contributed by atoms with Gasteiger partial charge in [0.2, 0.25) is 17.8 Å². The molecule has 3 N–H and O–H groups in total. The zero-order chi connectivity index (χ0) is 56.5. The first kappa shape index (κ1) is 75.1. The second-order valence-electron chi connectivity index (χ2n) is 21.8. The topological polar surface area (TPSA) is 158 Å². The molecule has 0 aliphatic carbocycles. The maximum absolute atomic E-state index is 6.10. The lowest BCUT2D eigenvalue weighted by atomic mass is 9.95. The summed E-state index contributed by atoms with van der Waals surface area (Å²) in [7, 11) is 0. The molecule has 1 aromatic heterocycles. The smallest absolute Gasteiger partial charge is 0.229 e. The van der Waals surface area contributed by atoms with Crippen molar-refractivity contribution in [1.29, 1.82) is 0 Å². The summed E-state index contributed by atoms with van der Waals surface area (Å²) in [6, 6.07) is 0. The molecular weight excluding hydrogens is 997 g/mol. The molecule has 15 nitrogen and oxygen atoms in total. The van der Waals surface area contributed by atoms with E-state index < -0.39 is 0 Å². The van der Waals surface area contributed by atoms with Crippen LogP contribution in [0.15, 0.2) is 0 Å². The van der Waals surface area contributed by atoms with Crippen molar-refractivity contribution in [2.24, 2.45) is 5.92 Å². The molecule has 0 saturated heterocycles. The second-order valence-corrected chi connectivity index (χ2v) is 21.8. The number of nitrogens with zero attached hydrogens (tertiary/aromatic N) is 3.